The largest absolute Gasteiger partial charge is 0.494 e. The molecule has 2 aromatic heterocycles. The molecule has 26 nitrogen and oxygen atoms in total. The van der Waals surface area contributed by atoms with Crippen LogP contribution in [0.4, 0.5) is 8.78 Å². The lowest BCUT2D eigenvalue weighted by atomic mass is 9.82. The Bertz CT molecular complexity index is 5380. The van der Waals surface area contributed by atoms with Gasteiger partial charge in [0.1, 0.15) is 35.9 Å². The average Bonchev–Trinajstić information content (AvgIpc) is 1.57. The predicted molar refractivity (Wildman–Crippen MR) is 489 cm³/mol. The Morgan fingerprint density at radius 2 is 0.856 bits per heavy atom. The topological polar surface area (TPSA) is 335 Å². The lowest BCUT2D eigenvalue weighted by Crippen LogP contribution is -2.47. The number of rotatable bonds is 24. The third kappa shape index (κ3) is 21.0. The highest BCUT2D eigenvalue weighted by molar-refractivity contribution is 7.91. The van der Waals surface area contributed by atoms with Crippen molar-refractivity contribution >= 4 is 88.7 Å². The normalized spacial score (nSPS) is 31.5. The van der Waals surface area contributed by atoms with Gasteiger partial charge >= 0.3 is 11.9 Å². The van der Waals surface area contributed by atoms with Crippen molar-refractivity contribution in [3.63, 3.8) is 0 Å². The van der Waals surface area contributed by atoms with Gasteiger partial charge in [0.15, 0.2) is 34.7 Å². The number of amides is 4. The summed E-state index contributed by atoms with van der Waals surface area (Å²) in [5, 5.41) is 0.606. The quantitative estimate of drug-likeness (QED) is 0.0420. The first-order valence-corrected chi connectivity index (χ1v) is 50.8. The maximum absolute atomic E-state index is 15.5. The van der Waals surface area contributed by atoms with E-state index >= 15 is 18.4 Å². The molecule has 2 N–H and O–H groups in total. The molecule has 2 saturated heterocycles. The first-order chi connectivity index (χ1) is 63.0. The summed E-state index contributed by atoms with van der Waals surface area (Å²) in [5.41, 5.74) is -0.120. The zero-order chi connectivity index (χ0) is 93.3. The molecule has 0 radical (unpaired) electrons. The van der Waals surface area contributed by atoms with Gasteiger partial charge < -0.3 is 47.7 Å². The lowest BCUT2D eigenvalue weighted by molar-refractivity contribution is -0.155. The summed E-state index contributed by atoms with van der Waals surface area (Å²) in [6.45, 7) is 15.9. The second kappa shape index (κ2) is 38.0. The molecular formula is C102H124F2N6O20S2. The van der Waals surface area contributed by atoms with Crippen LogP contribution in [0.15, 0.2) is 109 Å². The van der Waals surface area contributed by atoms with E-state index in [2.05, 4.69) is 23.3 Å². The number of ether oxygens (including phenoxy) is 8. The van der Waals surface area contributed by atoms with Crippen molar-refractivity contribution in [1.82, 2.24) is 29.2 Å². The molecule has 8 saturated carbocycles. The summed E-state index contributed by atoms with van der Waals surface area (Å²) in [5.74, 6) is -3.61. The van der Waals surface area contributed by atoms with E-state index in [0.29, 0.717) is 119 Å². The molecule has 4 aromatic carbocycles. The molecule has 0 spiro atoms. The number of carbonyl (C=O) groups excluding carboxylic acids is 8. The van der Waals surface area contributed by atoms with E-state index in [0.717, 1.165) is 49.7 Å². The fourth-order valence-electron chi connectivity index (χ4n) is 21.8. The number of halogens is 2. The maximum Gasteiger partial charge on any atom is 0.306 e. The third-order valence-corrected chi connectivity index (χ3v) is 33.5. The van der Waals surface area contributed by atoms with E-state index in [1.165, 1.54) is 49.0 Å². The number of fused-ring (bicyclic) bond motifs is 8. The molecule has 4 aliphatic heterocycles. The number of ketones is 2. The molecule has 132 heavy (non-hydrogen) atoms. The first-order valence-electron chi connectivity index (χ1n) is 47.7. The predicted octanol–water partition coefficient (Wildman–Crippen LogP) is 16.2. The average molecular weight is 1860 g/mol. The minimum atomic E-state index is -3.91. The van der Waals surface area contributed by atoms with Crippen molar-refractivity contribution in [2.75, 3.05) is 27.3 Å². The lowest BCUT2D eigenvalue weighted by Gasteiger charge is -2.32. The second-order valence-corrected chi connectivity index (χ2v) is 44.8. The van der Waals surface area contributed by atoms with E-state index in [1.807, 2.05) is 127 Å². The van der Waals surface area contributed by atoms with Gasteiger partial charge in [-0.1, -0.05) is 52.0 Å². The number of carbonyl (C=O) groups is 8. The number of Topliss-reactive ketones (excluding diaryl/α,β-unsaturated/α-hetero) is 2. The van der Waals surface area contributed by atoms with Gasteiger partial charge in [0.25, 0.3) is 0 Å². The highest BCUT2D eigenvalue weighted by Gasteiger charge is 2.64. The Morgan fingerprint density at radius 1 is 0.485 bits per heavy atom. The number of allylic oxidation sites excluding steroid dienone is 4. The molecular weight excluding hydrogens is 1730 g/mol. The molecule has 6 heterocycles. The molecule has 10 fully saturated rings. The van der Waals surface area contributed by atoms with E-state index < -0.39 is 124 Å². The highest BCUT2D eigenvalue weighted by atomic mass is 32.2. The number of pyridine rings is 2. The fraction of sp³-hybridized carbons (Fsp3) is 0.588. The van der Waals surface area contributed by atoms with E-state index in [4.69, 9.17) is 47.9 Å². The SMILES string of the molecule is COc1cc2cc(-c3ccc(OC(C)C)cc3)nc(O[C@@H]3C[C@H]4C(=O)C[C@]5(C(=O)NS(=O)(=O)C6CC6)C[C@H]5/C=C\CC[C@@H](C)C[C@@H](C)[C@H](CC(=O)OC5C[C@@H]6C[C@@H]6C5)C(=O)N4C3)c2cc1F.COc1cc2cc(-c3ccc(OC(C)C)cc3)nc(O[C@@H]3C[C@H]4C(=O)C[C@]5(C(=O)NS(=O)(=O)C6CC6)C[C@H]5/C=C\CC[C@H](C)C[C@@H](C)[C@H](CC(=O)OC5C[C@@H]6C[C@@H]6C5)C(=O)N4C3)c2cc1F. The van der Waals surface area contributed by atoms with Crippen LogP contribution in [-0.4, -0.2) is 170 Å². The van der Waals surface area contributed by atoms with Gasteiger partial charge in [-0.3, -0.25) is 47.8 Å². The van der Waals surface area contributed by atoms with Crippen LogP contribution in [0.2, 0.25) is 0 Å². The minimum absolute atomic E-state index is 0.0171. The molecule has 20 atom stereocenters. The van der Waals surface area contributed by atoms with Gasteiger partial charge in [-0.15, -0.1) is 0 Å². The number of esters is 2. The van der Waals surface area contributed by atoms with Crippen molar-refractivity contribution in [2.24, 2.45) is 81.8 Å². The van der Waals surface area contributed by atoms with E-state index in [1.54, 1.807) is 12.1 Å². The molecule has 708 valence electrons. The Labute approximate surface area is 771 Å². The number of benzene rings is 4. The standard InChI is InChI=1S/2C51H62FN3O10S/c2*1-28(2)63-36-12-10-31(11-13-36)43-20-34-21-46(62-5)42(52)23-41(34)48(53-43)65-38-22-44-45(56)26-51(50(59)54-66(60,61)39-14-15-39)25-35(51)9-7-6-8-29(3)16-30(4)40(49(58)55(44)27-38)24-47(57)64-37-18-32-17-33(32)19-37/h2*7,9-13,20-21,23,28-30,32-33,35,37-40,44H,6,8,14-19,22,24-27H2,1-5H3,(H,54,59)/b2*9-7-/t29-,30+,32-,33+,35+,37?,38+,40-,44-,51+;29-,30-,32-,33+,35-,37?,38-,40+,44+,51-/m01/s1. The van der Waals surface area contributed by atoms with Gasteiger partial charge in [0.2, 0.25) is 55.4 Å². The molecule has 0 bridgehead atoms. The highest BCUT2D eigenvalue weighted by Crippen LogP contribution is 2.60. The van der Waals surface area contributed by atoms with E-state index in [9.17, 15) is 45.6 Å². The van der Waals surface area contributed by atoms with Gasteiger partial charge in [-0.2, -0.15) is 0 Å². The van der Waals surface area contributed by atoms with Crippen LogP contribution in [0, 0.1) is 93.5 Å². The Kier molecular flexibility index (Phi) is 27.0. The van der Waals surface area contributed by atoms with Crippen molar-refractivity contribution in [3.05, 3.63) is 121 Å². The van der Waals surface area contributed by atoms with Gasteiger partial charge in [-0.25, -0.2) is 35.6 Å². The summed E-state index contributed by atoms with van der Waals surface area (Å²) in [6.07, 6.45) is 17.5. The summed E-state index contributed by atoms with van der Waals surface area (Å²) < 4.78 is 136. The molecule has 8 aliphatic carbocycles. The van der Waals surface area contributed by atoms with E-state index in [-0.39, 0.29) is 159 Å². The number of nitrogens with one attached hydrogen (secondary N) is 2. The summed E-state index contributed by atoms with van der Waals surface area (Å²) in [7, 11) is -5.05. The van der Waals surface area contributed by atoms with Gasteiger partial charge in [-0.05, 0) is 298 Å². The number of aromatic nitrogens is 2. The van der Waals surface area contributed by atoms with Crippen LogP contribution in [0.25, 0.3) is 44.1 Å². The Hall–Kier alpha value is -10.1. The molecule has 18 rings (SSSR count). The number of methoxy groups -OCH3 is 2. The van der Waals surface area contributed by atoms with Gasteiger partial charge in [0.05, 0.1) is 109 Å². The summed E-state index contributed by atoms with van der Waals surface area (Å²) in [6, 6.07) is 22.0. The monoisotopic (exact) mass is 1850 g/mol. The van der Waals surface area contributed by atoms with Crippen LogP contribution in [0.1, 0.15) is 209 Å². The van der Waals surface area contributed by atoms with Crippen LogP contribution in [0.5, 0.6) is 34.8 Å². The third-order valence-electron chi connectivity index (χ3n) is 29.8. The maximum atomic E-state index is 15.5. The molecule has 6 aromatic rings. The van der Waals surface area contributed by atoms with Crippen molar-refractivity contribution in [2.45, 2.75) is 269 Å². The molecule has 30 heteroatoms. The molecule has 4 amide bonds. The number of nitrogens with zero attached hydrogens (tertiary/aromatic N) is 4. The summed E-state index contributed by atoms with van der Waals surface area (Å²) >= 11 is 0. The number of hydrogen-bond acceptors (Lipinski definition) is 22. The van der Waals surface area contributed by atoms with Crippen LogP contribution < -0.4 is 37.9 Å². The zero-order valence-electron chi connectivity index (χ0n) is 77.0. The van der Waals surface area contributed by atoms with Crippen LogP contribution in [0.3, 0.4) is 0 Å². The fourth-order valence-corrected chi connectivity index (χ4v) is 24.6. The van der Waals surface area contributed by atoms with Crippen molar-refractivity contribution in [3.8, 4) is 57.3 Å². The van der Waals surface area contributed by atoms with Crippen LogP contribution >= 0.6 is 0 Å². The molecule has 12 aliphatic rings. The zero-order valence-corrected chi connectivity index (χ0v) is 78.6. The Morgan fingerprint density at radius 3 is 1.20 bits per heavy atom. The number of sulfonamides is 2. The van der Waals surface area contributed by atoms with Crippen molar-refractivity contribution < 1.29 is 102 Å². The smallest absolute Gasteiger partial charge is 0.306 e. The van der Waals surface area contributed by atoms with Crippen molar-refractivity contribution in [1.29, 1.82) is 0 Å². The Balaban J connectivity index is 0.000000184. The summed E-state index contributed by atoms with van der Waals surface area (Å²) in [4.78, 5) is 129. The first kappa shape index (κ1) is 93.7. The van der Waals surface area contributed by atoms with Crippen LogP contribution in [-0.2, 0) is 67.9 Å². The number of hydrogen-bond donors (Lipinski definition) is 2. The second-order valence-electron chi connectivity index (χ2n) is 40.9. The molecule has 2 unspecified atom stereocenters. The minimum Gasteiger partial charge on any atom is -0.494 e. The van der Waals surface area contributed by atoms with Gasteiger partial charge in [0, 0.05) is 47.6 Å².